The zero-order chi connectivity index (χ0) is 27.7. The van der Waals surface area contributed by atoms with E-state index in [2.05, 4.69) is 25.2 Å². The van der Waals surface area contributed by atoms with Crippen LogP contribution in [0.15, 0.2) is 54.2 Å². The number of aryl methyl sites for hydroxylation is 1. The lowest BCUT2D eigenvalue weighted by molar-refractivity contribution is -0.130. The van der Waals surface area contributed by atoms with Gasteiger partial charge in [0.2, 0.25) is 5.96 Å². The number of amides is 1. The smallest absolute Gasteiger partial charge is 0.295 e. The minimum Gasteiger partial charge on any atom is -0.494 e. The minimum absolute atomic E-state index is 0.184. The molecule has 0 bridgehead atoms. The zero-order valence-corrected chi connectivity index (χ0v) is 21.8. The number of H-pyrrole nitrogens is 1. The third-order valence-electron chi connectivity index (χ3n) is 6.67. The number of Topliss-reactive ketones (excluding diaryl/α,β-unsaturated/α-hetero) is 1. The molecule has 0 radical (unpaired) electrons. The van der Waals surface area contributed by atoms with Crippen molar-refractivity contribution in [3.05, 3.63) is 60.4 Å². The fourth-order valence-electron chi connectivity index (χ4n) is 4.75. The minimum atomic E-state index is -0.663. The Morgan fingerprint density at radius 1 is 1.21 bits per heavy atom. The number of benzene rings is 1. The quantitative estimate of drug-likeness (QED) is 0.0833. The lowest BCUT2D eigenvalue weighted by atomic mass is 10.1. The van der Waals surface area contributed by atoms with Gasteiger partial charge < -0.3 is 25.4 Å². The summed E-state index contributed by atoms with van der Waals surface area (Å²) >= 11 is 0. The van der Waals surface area contributed by atoms with E-state index in [1.54, 1.807) is 11.8 Å². The summed E-state index contributed by atoms with van der Waals surface area (Å²) in [6, 6.07) is 8.97. The summed E-state index contributed by atoms with van der Waals surface area (Å²) in [5.41, 5.74) is 1.40. The molecule has 0 saturated carbocycles. The average Bonchev–Trinajstić information content (AvgIpc) is 3.59. The summed E-state index contributed by atoms with van der Waals surface area (Å²) in [7, 11) is 1.48. The summed E-state index contributed by atoms with van der Waals surface area (Å²) in [6.07, 6.45) is 4.51. The maximum Gasteiger partial charge on any atom is 0.295 e. The number of carbonyl (C=O) groups excluding carboxylic acids is 2. The number of nitrogens with two attached hydrogens (primary N) is 2. The van der Waals surface area contributed by atoms with Gasteiger partial charge in [-0.3, -0.25) is 9.59 Å². The number of hydrazone groups is 1. The van der Waals surface area contributed by atoms with E-state index >= 15 is 0 Å². The Hall–Kier alpha value is -4.98. The van der Waals surface area contributed by atoms with Crippen LogP contribution in [0.1, 0.15) is 23.1 Å². The summed E-state index contributed by atoms with van der Waals surface area (Å²) in [4.78, 5) is 42.1. The molecule has 5 N–H and O–H groups in total. The van der Waals surface area contributed by atoms with Crippen molar-refractivity contribution in [3.63, 3.8) is 0 Å². The number of hydrogen-bond acceptors (Lipinski definition) is 9. The van der Waals surface area contributed by atoms with Crippen LogP contribution in [0.25, 0.3) is 16.7 Å². The van der Waals surface area contributed by atoms with Crippen molar-refractivity contribution < 1.29 is 14.3 Å². The van der Waals surface area contributed by atoms with Crippen LogP contribution < -0.4 is 21.4 Å². The van der Waals surface area contributed by atoms with Gasteiger partial charge in [-0.1, -0.05) is 18.2 Å². The van der Waals surface area contributed by atoms with Gasteiger partial charge in [-0.25, -0.2) is 25.5 Å². The van der Waals surface area contributed by atoms with Gasteiger partial charge in [0, 0.05) is 31.9 Å². The topological polar surface area (TPSA) is 177 Å². The lowest BCUT2D eigenvalue weighted by Gasteiger charge is -2.42. The molecule has 1 amide bonds. The number of nitrogens with zero attached hydrogens (tertiary/aromatic N) is 8. The summed E-state index contributed by atoms with van der Waals surface area (Å²) in [5, 5.41) is 10.0. The number of carbonyl (C=O) groups is 2. The van der Waals surface area contributed by atoms with E-state index in [0.717, 1.165) is 0 Å². The third kappa shape index (κ3) is 4.61. The lowest BCUT2D eigenvalue weighted by Crippen LogP contribution is -2.60. The molecule has 0 spiro atoms. The number of rotatable bonds is 5. The highest BCUT2D eigenvalue weighted by Gasteiger charge is 2.35. The Morgan fingerprint density at radius 3 is 2.62 bits per heavy atom. The number of aromatic amines is 1. The van der Waals surface area contributed by atoms with Crippen LogP contribution in [-0.2, 0) is 4.79 Å². The van der Waals surface area contributed by atoms with Crippen molar-refractivity contribution in [2.45, 2.75) is 19.9 Å². The van der Waals surface area contributed by atoms with Crippen LogP contribution in [-0.4, -0.2) is 85.0 Å². The molecule has 1 aliphatic heterocycles. The first-order chi connectivity index (χ1) is 18.8. The molecule has 1 saturated heterocycles. The monoisotopic (exact) mass is 531 g/mol. The first-order valence-corrected chi connectivity index (χ1v) is 12.2. The van der Waals surface area contributed by atoms with Crippen molar-refractivity contribution in [2.75, 3.05) is 31.8 Å². The van der Waals surface area contributed by atoms with Crippen molar-refractivity contribution in [2.24, 2.45) is 16.8 Å². The molecule has 1 fully saturated rings. The molecule has 1 aliphatic rings. The third-order valence-corrected chi connectivity index (χ3v) is 6.67. The van der Waals surface area contributed by atoms with Crippen LogP contribution in [0.5, 0.6) is 5.75 Å². The molecule has 14 heteroatoms. The van der Waals surface area contributed by atoms with Gasteiger partial charge in [-0.2, -0.15) is 5.10 Å². The van der Waals surface area contributed by atoms with E-state index in [9.17, 15) is 9.59 Å². The Morgan fingerprint density at radius 2 is 1.97 bits per heavy atom. The number of ketones is 1. The molecule has 14 nitrogen and oxygen atoms in total. The number of nitrogens with one attached hydrogen (secondary N) is 1. The second-order valence-electron chi connectivity index (χ2n) is 9.10. The van der Waals surface area contributed by atoms with E-state index in [1.165, 1.54) is 35.5 Å². The number of piperazine rings is 1. The van der Waals surface area contributed by atoms with E-state index in [4.69, 9.17) is 16.4 Å². The Bertz CT molecular complexity index is 1550. The standard InChI is InChI=1S/C25H29N11O3/c1-15-13-33(25(31-26)36(27)17-7-5-4-6-8-17)9-10-34(15)24(38)22(37)18-11-28-21-20(18)19(39-3)12-29-23(21)35-14-30-16(2)32-35/h4-8,11-12,14-15,28H,9-10,13,26-27H2,1-3H3/b31-25-/t15-/m0/s1. The summed E-state index contributed by atoms with van der Waals surface area (Å²) in [6.45, 7) is 4.66. The number of para-hydroxylation sites is 1. The second-order valence-corrected chi connectivity index (χ2v) is 9.10. The molecule has 0 aliphatic carbocycles. The predicted octanol–water partition coefficient (Wildman–Crippen LogP) is 0.786. The number of fused-ring (bicyclic) bond motifs is 1. The van der Waals surface area contributed by atoms with Gasteiger partial charge in [0.1, 0.15) is 17.9 Å². The van der Waals surface area contributed by atoms with Gasteiger partial charge in [0.05, 0.1) is 35.5 Å². The Kier molecular flexibility index (Phi) is 6.85. The largest absolute Gasteiger partial charge is 0.494 e. The fourth-order valence-corrected chi connectivity index (χ4v) is 4.75. The number of hydrazine groups is 1. The van der Waals surface area contributed by atoms with Crippen LogP contribution >= 0.6 is 0 Å². The predicted molar refractivity (Wildman–Crippen MR) is 144 cm³/mol. The highest BCUT2D eigenvalue weighted by molar-refractivity contribution is 6.45. The normalized spacial score (nSPS) is 16.0. The highest BCUT2D eigenvalue weighted by atomic mass is 16.5. The number of guanidine groups is 1. The maximum absolute atomic E-state index is 13.5. The molecule has 4 aromatic rings. The van der Waals surface area contributed by atoms with Crippen LogP contribution in [0.4, 0.5) is 5.69 Å². The number of anilines is 1. The van der Waals surface area contributed by atoms with Gasteiger partial charge >= 0.3 is 0 Å². The van der Waals surface area contributed by atoms with Crippen LogP contribution in [0.2, 0.25) is 0 Å². The SMILES string of the molecule is COc1cnc(-n2cnc(C)n2)c2[nH]cc(C(=O)C(=O)N3CCN(/C(=N/N)N(N)c4ccccc4)C[C@@H]3C)c12. The van der Waals surface area contributed by atoms with Crippen molar-refractivity contribution in [1.29, 1.82) is 0 Å². The Balaban J connectivity index is 1.37. The number of methoxy groups -OCH3 is 1. The summed E-state index contributed by atoms with van der Waals surface area (Å²) < 4.78 is 6.98. The van der Waals surface area contributed by atoms with Gasteiger partial charge in [-0.05, 0) is 26.0 Å². The molecule has 0 unspecified atom stereocenters. The number of pyridine rings is 1. The zero-order valence-electron chi connectivity index (χ0n) is 21.8. The molecule has 39 heavy (non-hydrogen) atoms. The second kappa shape index (κ2) is 10.4. The number of hydrogen-bond donors (Lipinski definition) is 3. The number of ether oxygens (including phenoxy) is 1. The first-order valence-electron chi connectivity index (χ1n) is 12.2. The highest BCUT2D eigenvalue weighted by Crippen LogP contribution is 2.32. The molecule has 4 heterocycles. The molecule has 1 atom stereocenters. The maximum atomic E-state index is 13.5. The van der Waals surface area contributed by atoms with E-state index in [-0.39, 0.29) is 18.2 Å². The van der Waals surface area contributed by atoms with Gasteiger partial charge in [0.15, 0.2) is 5.82 Å². The van der Waals surface area contributed by atoms with Crippen LogP contribution in [0, 0.1) is 6.92 Å². The van der Waals surface area contributed by atoms with E-state index in [0.29, 0.717) is 53.0 Å². The average molecular weight is 532 g/mol. The van der Waals surface area contributed by atoms with E-state index < -0.39 is 11.7 Å². The van der Waals surface area contributed by atoms with Crippen molar-refractivity contribution in [3.8, 4) is 11.6 Å². The van der Waals surface area contributed by atoms with Gasteiger partial charge in [-0.15, -0.1) is 5.10 Å². The van der Waals surface area contributed by atoms with Gasteiger partial charge in [0.25, 0.3) is 11.7 Å². The molecule has 1 aromatic carbocycles. The summed E-state index contributed by atoms with van der Waals surface area (Å²) in [5.74, 6) is 12.4. The number of aromatic nitrogens is 5. The fraction of sp³-hybridized carbons (Fsp3) is 0.280. The Labute approximate surface area is 223 Å². The molecular weight excluding hydrogens is 502 g/mol. The first kappa shape index (κ1) is 25.7. The molecular formula is C25H29N11O3. The van der Waals surface area contributed by atoms with Crippen LogP contribution in [0.3, 0.4) is 0 Å². The van der Waals surface area contributed by atoms with Crippen molar-refractivity contribution >= 4 is 34.2 Å². The molecule has 202 valence electrons. The molecule has 5 rings (SSSR count). The molecule has 3 aromatic heterocycles. The van der Waals surface area contributed by atoms with E-state index in [1.807, 2.05) is 42.2 Å². The van der Waals surface area contributed by atoms with Crippen molar-refractivity contribution in [1.82, 2.24) is 34.5 Å².